The van der Waals surface area contributed by atoms with Crippen LogP contribution in [0.25, 0.3) is 28.1 Å². The van der Waals surface area contributed by atoms with Gasteiger partial charge in [0.05, 0.1) is 5.56 Å². The average molecular weight is 402 g/mol. The fraction of sp³-hybridized carbons (Fsp3) is 0. The molecular weight excluding hydrogens is 386 g/mol. The zero-order valence-corrected chi connectivity index (χ0v) is 16.0. The monoisotopic (exact) mass is 401 g/mol. The number of H-pyrrole nitrogens is 1. The highest BCUT2D eigenvalue weighted by molar-refractivity contribution is 6.31. The predicted octanol–water partition coefficient (Wildman–Crippen LogP) is 5.45. The molecule has 0 unspecified atom stereocenters. The van der Waals surface area contributed by atoms with Crippen LogP contribution >= 0.6 is 11.6 Å². The lowest BCUT2D eigenvalue weighted by Crippen LogP contribution is -2.18. The van der Waals surface area contributed by atoms with Crippen molar-refractivity contribution in [3.05, 3.63) is 105 Å². The number of phenolic OH excluding ortho intramolecular Hbond substituents is 1. The summed E-state index contributed by atoms with van der Waals surface area (Å²) in [6.07, 6.45) is 2.79. The zero-order chi connectivity index (χ0) is 20.4. The Balaban J connectivity index is 1.94. The summed E-state index contributed by atoms with van der Waals surface area (Å²) in [5.74, 6) is -0.408. The molecule has 2 N–H and O–H groups in total. The molecule has 0 saturated carbocycles. The van der Waals surface area contributed by atoms with Gasteiger partial charge < -0.3 is 10.1 Å². The Morgan fingerprint density at radius 1 is 0.966 bits per heavy atom. The van der Waals surface area contributed by atoms with Crippen molar-refractivity contribution in [2.75, 3.05) is 0 Å². The van der Waals surface area contributed by atoms with Crippen molar-refractivity contribution in [2.45, 2.75) is 0 Å². The first-order chi connectivity index (χ1) is 14.0. The van der Waals surface area contributed by atoms with E-state index in [9.17, 15) is 14.7 Å². The molecule has 0 amide bonds. The Labute approximate surface area is 171 Å². The molecule has 1 aromatic heterocycles. The third-order valence-corrected chi connectivity index (χ3v) is 4.87. The lowest BCUT2D eigenvalue weighted by Gasteiger charge is -2.11. The van der Waals surface area contributed by atoms with Gasteiger partial charge in [-0.2, -0.15) is 0 Å². The highest BCUT2D eigenvalue weighted by Gasteiger charge is 2.19. The zero-order valence-electron chi connectivity index (χ0n) is 15.2. The normalized spacial score (nSPS) is 11.2. The molecule has 29 heavy (non-hydrogen) atoms. The van der Waals surface area contributed by atoms with Gasteiger partial charge in [-0.3, -0.25) is 9.59 Å². The Morgan fingerprint density at radius 2 is 1.69 bits per heavy atom. The number of aromatic hydroxyl groups is 1. The van der Waals surface area contributed by atoms with Crippen molar-refractivity contribution in [3.63, 3.8) is 0 Å². The fourth-order valence-electron chi connectivity index (χ4n) is 3.28. The molecular formula is C24H16ClNO3. The Morgan fingerprint density at radius 3 is 2.45 bits per heavy atom. The van der Waals surface area contributed by atoms with E-state index < -0.39 is 11.3 Å². The third kappa shape index (κ3) is 3.71. The van der Waals surface area contributed by atoms with Gasteiger partial charge in [0.15, 0.2) is 5.78 Å². The van der Waals surface area contributed by atoms with Gasteiger partial charge in [0, 0.05) is 27.1 Å². The molecule has 0 atom stereocenters. The van der Waals surface area contributed by atoms with E-state index in [0.717, 1.165) is 5.56 Å². The summed E-state index contributed by atoms with van der Waals surface area (Å²) in [7, 11) is 0. The van der Waals surface area contributed by atoms with E-state index in [2.05, 4.69) is 4.98 Å². The molecule has 0 saturated heterocycles. The van der Waals surface area contributed by atoms with Crippen molar-refractivity contribution in [2.24, 2.45) is 0 Å². The SMILES string of the molecule is O=C(C=Cc1ccccc1O)c1c(-c2ccccc2)c2cc(Cl)ccc2[nH]c1=O. The van der Waals surface area contributed by atoms with Crippen LogP contribution < -0.4 is 5.56 Å². The minimum atomic E-state index is -0.481. The van der Waals surface area contributed by atoms with Gasteiger partial charge in [-0.15, -0.1) is 0 Å². The molecule has 0 spiro atoms. The van der Waals surface area contributed by atoms with E-state index in [1.807, 2.05) is 30.3 Å². The Hall–Kier alpha value is -3.63. The van der Waals surface area contributed by atoms with Crippen LogP contribution in [0.5, 0.6) is 5.75 Å². The van der Waals surface area contributed by atoms with Gasteiger partial charge in [0.1, 0.15) is 5.75 Å². The van der Waals surface area contributed by atoms with Gasteiger partial charge in [-0.05, 0) is 42.0 Å². The number of aromatic amines is 1. The van der Waals surface area contributed by atoms with E-state index in [4.69, 9.17) is 11.6 Å². The number of benzene rings is 3. The lowest BCUT2D eigenvalue weighted by atomic mass is 9.94. The number of halogens is 1. The Kier molecular flexibility index (Phi) is 5.02. The highest BCUT2D eigenvalue weighted by atomic mass is 35.5. The van der Waals surface area contributed by atoms with Crippen LogP contribution in [0.2, 0.25) is 5.02 Å². The number of nitrogens with one attached hydrogen (secondary N) is 1. The number of pyridine rings is 1. The largest absolute Gasteiger partial charge is 0.507 e. The van der Waals surface area contributed by atoms with Crippen molar-refractivity contribution < 1.29 is 9.90 Å². The number of phenols is 1. The molecule has 0 fully saturated rings. The second kappa shape index (κ2) is 7.78. The number of rotatable bonds is 4. The third-order valence-electron chi connectivity index (χ3n) is 4.64. The van der Waals surface area contributed by atoms with Crippen LogP contribution in [-0.4, -0.2) is 15.9 Å². The van der Waals surface area contributed by atoms with Crippen LogP contribution in [0.1, 0.15) is 15.9 Å². The molecule has 4 nitrogen and oxygen atoms in total. The second-order valence-corrected chi connectivity index (χ2v) is 6.95. The summed E-state index contributed by atoms with van der Waals surface area (Å²) < 4.78 is 0. The first kappa shape index (κ1) is 18.7. The fourth-order valence-corrected chi connectivity index (χ4v) is 3.45. The van der Waals surface area contributed by atoms with Gasteiger partial charge >= 0.3 is 0 Å². The minimum Gasteiger partial charge on any atom is -0.507 e. The van der Waals surface area contributed by atoms with Crippen LogP contribution in [0.4, 0.5) is 0 Å². The number of hydrogen-bond acceptors (Lipinski definition) is 3. The van der Waals surface area contributed by atoms with E-state index in [-0.39, 0.29) is 11.3 Å². The number of para-hydroxylation sites is 1. The molecule has 0 aliphatic heterocycles. The first-order valence-corrected chi connectivity index (χ1v) is 9.34. The number of allylic oxidation sites excluding steroid dienone is 1. The average Bonchev–Trinajstić information content (AvgIpc) is 2.73. The van der Waals surface area contributed by atoms with Gasteiger partial charge in [-0.25, -0.2) is 0 Å². The first-order valence-electron chi connectivity index (χ1n) is 8.96. The summed E-state index contributed by atoms with van der Waals surface area (Å²) in [4.78, 5) is 28.7. The maximum absolute atomic E-state index is 13.1. The van der Waals surface area contributed by atoms with Gasteiger partial charge in [0.2, 0.25) is 0 Å². The standard InChI is InChI=1S/C24H16ClNO3/c25-17-11-12-19-18(14-17)22(16-7-2-1-3-8-16)23(24(29)26-19)21(28)13-10-15-6-4-5-9-20(15)27/h1-14,27H,(H,26,29). The van der Waals surface area contributed by atoms with Gasteiger partial charge in [0.25, 0.3) is 5.56 Å². The number of fused-ring (bicyclic) bond motifs is 1. The molecule has 0 radical (unpaired) electrons. The molecule has 4 aromatic rings. The number of hydrogen-bond donors (Lipinski definition) is 2. The van der Waals surface area contributed by atoms with Crippen LogP contribution in [-0.2, 0) is 0 Å². The summed E-state index contributed by atoms with van der Waals surface area (Å²) in [5, 5.41) is 11.1. The van der Waals surface area contributed by atoms with Crippen molar-refractivity contribution in [1.82, 2.24) is 4.98 Å². The van der Waals surface area contributed by atoms with E-state index in [0.29, 0.717) is 27.1 Å². The molecule has 4 rings (SSSR count). The summed E-state index contributed by atoms with van der Waals surface area (Å²) in [6, 6.07) is 21.1. The lowest BCUT2D eigenvalue weighted by molar-refractivity contribution is 0.104. The molecule has 142 valence electrons. The van der Waals surface area contributed by atoms with Crippen LogP contribution in [0.15, 0.2) is 83.7 Å². The van der Waals surface area contributed by atoms with Crippen molar-refractivity contribution in [1.29, 1.82) is 0 Å². The minimum absolute atomic E-state index is 0.0256. The van der Waals surface area contributed by atoms with Crippen molar-refractivity contribution >= 4 is 34.4 Å². The van der Waals surface area contributed by atoms with Crippen LogP contribution in [0, 0.1) is 0 Å². The maximum atomic E-state index is 13.1. The molecule has 0 bridgehead atoms. The highest BCUT2D eigenvalue weighted by Crippen LogP contribution is 2.31. The number of carbonyl (C=O) groups excluding carboxylic acids is 1. The summed E-state index contributed by atoms with van der Waals surface area (Å²) >= 11 is 6.19. The number of carbonyl (C=O) groups is 1. The molecule has 0 aliphatic carbocycles. The summed E-state index contributed by atoms with van der Waals surface area (Å²) in [5.41, 5.74) is 1.90. The Bertz CT molecular complexity index is 1310. The smallest absolute Gasteiger partial charge is 0.260 e. The number of aromatic nitrogens is 1. The quantitative estimate of drug-likeness (QED) is 0.353. The maximum Gasteiger partial charge on any atom is 0.260 e. The van der Waals surface area contributed by atoms with E-state index in [1.165, 1.54) is 18.2 Å². The van der Waals surface area contributed by atoms with Crippen molar-refractivity contribution in [3.8, 4) is 16.9 Å². The molecule has 0 aliphatic rings. The van der Waals surface area contributed by atoms with E-state index >= 15 is 0 Å². The van der Waals surface area contributed by atoms with E-state index in [1.54, 1.807) is 36.4 Å². The predicted molar refractivity (Wildman–Crippen MR) is 116 cm³/mol. The molecule has 5 heteroatoms. The molecule has 1 heterocycles. The van der Waals surface area contributed by atoms with Crippen LogP contribution in [0.3, 0.4) is 0 Å². The van der Waals surface area contributed by atoms with Gasteiger partial charge in [-0.1, -0.05) is 60.1 Å². The topological polar surface area (TPSA) is 70.2 Å². The molecule has 3 aromatic carbocycles. The number of ketones is 1. The summed E-state index contributed by atoms with van der Waals surface area (Å²) in [6.45, 7) is 0. The second-order valence-electron chi connectivity index (χ2n) is 6.52.